The fourth-order valence-corrected chi connectivity index (χ4v) is 3.12. The number of hydrogen-bond donors (Lipinski definition) is 3. The van der Waals surface area contributed by atoms with E-state index < -0.39 is 6.10 Å². The van der Waals surface area contributed by atoms with Gasteiger partial charge in [0.05, 0.1) is 6.10 Å². The van der Waals surface area contributed by atoms with Gasteiger partial charge in [-0.15, -0.1) is 0 Å². The summed E-state index contributed by atoms with van der Waals surface area (Å²) >= 11 is 0. The van der Waals surface area contributed by atoms with Crippen molar-refractivity contribution in [1.82, 2.24) is 10.2 Å². The minimum absolute atomic E-state index is 0.141. The van der Waals surface area contributed by atoms with Gasteiger partial charge in [-0.2, -0.15) is 0 Å². The van der Waals surface area contributed by atoms with Crippen molar-refractivity contribution in [3.63, 3.8) is 0 Å². The van der Waals surface area contributed by atoms with E-state index in [1.807, 2.05) is 38.1 Å². The first-order valence-corrected chi connectivity index (χ1v) is 9.41. The second kappa shape index (κ2) is 9.90. The second-order valence-electron chi connectivity index (χ2n) is 7.26. The zero-order valence-corrected chi connectivity index (χ0v) is 15.4. The first-order chi connectivity index (χ1) is 12.0. The van der Waals surface area contributed by atoms with Crippen LogP contribution in [0, 0.1) is 11.8 Å². The van der Waals surface area contributed by atoms with Crippen LogP contribution in [0.25, 0.3) is 0 Å². The van der Waals surface area contributed by atoms with Crippen molar-refractivity contribution in [2.24, 2.45) is 11.8 Å². The van der Waals surface area contributed by atoms with Crippen LogP contribution in [-0.2, 0) is 6.54 Å². The molecule has 2 unspecified atom stereocenters. The Hall–Kier alpha value is -1.43. The van der Waals surface area contributed by atoms with Gasteiger partial charge in [0.1, 0.15) is 0 Å². The first kappa shape index (κ1) is 19.9. The maximum atomic E-state index is 12.2. The zero-order chi connectivity index (χ0) is 18.2. The molecule has 25 heavy (non-hydrogen) atoms. The van der Waals surface area contributed by atoms with E-state index in [9.17, 15) is 15.0 Å². The summed E-state index contributed by atoms with van der Waals surface area (Å²) < 4.78 is 0. The predicted octanol–water partition coefficient (Wildman–Crippen LogP) is 2.03. The Bertz CT molecular complexity index is 524. The van der Waals surface area contributed by atoms with E-state index in [0.29, 0.717) is 18.1 Å². The minimum atomic E-state index is -0.505. The maximum Gasteiger partial charge on any atom is 0.251 e. The van der Waals surface area contributed by atoms with Crippen molar-refractivity contribution in [2.75, 3.05) is 26.2 Å². The molecule has 2 atom stereocenters. The molecule has 3 N–H and O–H groups in total. The lowest BCUT2D eigenvalue weighted by Gasteiger charge is -2.31. The number of nitrogens with zero attached hydrogens (tertiary/aromatic N) is 1. The fraction of sp³-hybridized carbons (Fsp3) is 0.650. The Kier molecular flexibility index (Phi) is 7.88. The Labute approximate surface area is 151 Å². The van der Waals surface area contributed by atoms with Gasteiger partial charge in [0.15, 0.2) is 0 Å². The molecule has 0 saturated carbocycles. The van der Waals surface area contributed by atoms with E-state index >= 15 is 0 Å². The molecule has 1 aliphatic heterocycles. The molecule has 1 fully saturated rings. The number of rotatable bonds is 8. The van der Waals surface area contributed by atoms with Crippen molar-refractivity contribution in [3.05, 3.63) is 35.4 Å². The summed E-state index contributed by atoms with van der Waals surface area (Å²) in [6.45, 7) is 7.50. The molecule has 5 heteroatoms. The summed E-state index contributed by atoms with van der Waals surface area (Å²) in [5.74, 6) is 0.489. The number of aliphatic hydroxyl groups is 2. The maximum absolute atomic E-state index is 12.2. The average Bonchev–Trinajstić information content (AvgIpc) is 2.66. The van der Waals surface area contributed by atoms with Crippen LogP contribution in [0.2, 0.25) is 0 Å². The van der Waals surface area contributed by atoms with Gasteiger partial charge in [-0.25, -0.2) is 0 Å². The topological polar surface area (TPSA) is 72.8 Å². The number of piperidine rings is 1. The van der Waals surface area contributed by atoms with Crippen LogP contribution >= 0.6 is 0 Å². The van der Waals surface area contributed by atoms with Gasteiger partial charge in [-0.3, -0.25) is 9.69 Å². The van der Waals surface area contributed by atoms with Gasteiger partial charge in [-0.1, -0.05) is 32.4 Å². The summed E-state index contributed by atoms with van der Waals surface area (Å²) in [4.78, 5) is 14.6. The lowest BCUT2D eigenvalue weighted by Crippen LogP contribution is -2.35. The first-order valence-electron chi connectivity index (χ1n) is 9.41. The van der Waals surface area contributed by atoms with Crippen LogP contribution in [0.3, 0.4) is 0 Å². The largest absolute Gasteiger partial charge is 0.396 e. The Morgan fingerprint density at radius 3 is 2.48 bits per heavy atom. The molecule has 2 rings (SSSR count). The number of aliphatic hydroxyl groups excluding tert-OH is 2. The third kappa shape index (κ3) is 6.10. The number of carbonyl (C=O) groups excluding carboxylic acids is 1. The van der Waals surface area contributed by atoms with Crippen LogP contribution in [0.4, 0.5) is 0 Å². The van der Waals surface area contributed by atoms with E-state index in [1.54, 1.807) is 0 Å². The molecule has 1 aromatic carbocycles. The highest BCUT2D eigenvalue weighted by atomic mass is 16.3. The lowest BCUT2D eigenvalue weighted by atomic mass is 9.97. The standard InChI is InChI=1S/C20H32N2O3/c1-3-15(2)19(24)12-21-20(25)18-6-4-16(5-7-18)13-22-10-8-17(14-23)9-11-22/h4-7,15,17,19,23-24H,3,8-14H2,1-2H3,(H,21,25). The van der Waals surface area contributed by atoms with E-state index in [4.69, 9.17) is 0 Å². The number of hydrogen-bond acceptors (Lipinski definition) is 4. The van der Waals surface area contributed by atoms with Gasteiger partial charge in [-0.05, 0) is 55.5 Å². The SMILES string of the molecule is CCC(C)C(O)CNC(=O)c1ccc(CN2CCC(CO)CC2)cc1. The fourth-order valence-electron chi connectivity index (χ4n) is 3.12. The smallest absolute Gasteiger partial charge is 0.251 e. The average molecular weight is 348 g/mol. The van der Waals surface area contributed by atoms with Crippen molar-refractivity contribution in [3.8, 4) is 0 Å². The van der Waals surface area contributed by atoms with E-state index in [-0.39, 0.29) is 18.4 Å². The van der Waals surface area contributed by atoms with Crippen LogP contribution < -0.4 is 5.32 Å². The zero-order valence-electron chi connectivity index (χ0n) is 15.4. The van der Waals surface area contributed by atoms with Crippen molar-refractivity contribution < 1.29 is 15.0 Å². The van der Waals surface area contributed by atoms with E-state index in [0.717, 1.165) is 38.9 Å². The molecular formula is C20H32N2O3. The molecule has 0 radical (unpaired) electrons. The van der Waals surface area contributed by atoms with Gasteiger partial charge in [0.25, 0.3) is 5.91 Å². The van der Waals surface area contributed by atoms with Gasteiger partial charge in [0, 0.05) is 25.3 Å². The second-order valence-corrected chi connectivity index (χ2v) is 7.26. The molecule has 0 bridgehead atoms. The molecule has 1 heterocycles. The van der Waals surface area contributed by atoms with Crippen LogP contribution in [-0.4, -0.2) is 53.4 Å². The minimum Gasteiger partial charge on any atom is -0.396 e. The molecule has 1 amide bonds. The van der Waals surface area contributed by atoms with Crippen LogP contribution in [0.5, 0.6) is 0 Å². The molecule has 0 aromatic heterocycles. The predicted molar refractivity (Wildman–Crippen MR) is 99.3 cm³/mol. The molecule has 0 spiro atoms. The number of likely N-dealkylation sites (tertiary alicyclic amines) is 1. The number of nitrogens with one attached hydrogen (secondary N) is 1. The molecule has 0 aliphatic carbocycles. The lowest BCUT2D eigenvalue weighted by molar-refractivity contribution is 0.0850. The summed E-state index contributed by atoms with van der Waals surface area (Å²) in [5, 5.41) is 21.9. The number of benzene rings is 1. The summed E-state index contributed by atoms with van der Waals surface area (Å²) in [5.41, 5.74) is 1.82. The van der Waals surface area contributed by atoms with Crippen molar-refractivity contribution in [1.29, 1.82) is 0 Å². The van der Waals surface area contributed by atoms with Gasteiger partial charge >= 0.3 is 0 Å². The van der Waals surface area contributed by atoms with E-state index in [1.165, 1.54) is 5.56 Å². The number of amides is 1. The molecule has 1 saturated heterocycles. The normalized spacial score (nSPS) is 18.7. The molecule has 140 valence electrons. The third-order valence-electron chi connectivity index (χ3n) is 5.36. The molecule has 5 nitrogen and oxygen atoms in total. The summed E-state index contributed by atoms with van der Waals surface area (Å²) in [6, 6.07) is 7.69. The Balaban J connectivity index is 1.80. The van der Waals surface area contributed by atoms with Crippen LogP contribution in [0.15, 0.2) is 24.3 Å². The quantitative estimate of drug-likeness (QED) is 0.672. The highest BCUT2D eigenvalue weighted by Gasteiger charge is 2.18. The number of carbonyl (C=O) groups is 1. The summed E-state index contributed by atoms with van der Waals surface area (Å²) in [7, 11) is 0. The monoisotopic (exact) mass is 348 g/mol. The molecular weight excluding hydrogens is 316 g/mol. The highest BCUT2D eigenvalue weighted by Crippen LogP contribution is 2.18. The van der Waals surface area contributed by atoms with Gasteiger partial charge < -0.3 is 15.5 Å². The van der Waals surface area contributed by atoms with E-state index in [2.05, 4.69) is 10.2 Å². The molecule has 1 aromatic rings. The Morgan fingerprint density at radius 1 is 1.28 bits per heavy atom. The highest BCUT2D eigenvalue weighted by molar-refractivity contribution is 5.94. The van der Waals surface area contributed by atoms with Crippen LogP contribution in [0.1, 0.15) is 49.0 Å². The van der Waals surface area contributed by atoms with Gasteiger partial charge in [0.2, 0.25) is 0 Å². The van der Waals surface area contributed by atoms with Crippen molar-refractivity contribution in [2.45, 2.75) is 45.8 Å². The molecule has 1 aliphatic rings. The van der Waals surface area contributed by atoms with Crippen molar-refractivity contribution >= 4 is 5.91 Å². The third-order valence-corrected chi connectivity index (χ3v) is 5.36. The summed E-state index contributed by atoms with van der Waals surface area (Å²) in [6.07, 6.45) is 2.49. The Morgan fingerprint density at radius 2 is 1.92 bits per heavy atom.